The van der Waals surface area contributed by atoms with Crippen LogP contribution >= 0.6 is 0 Å². The molecule has 2 fully saturated rings. The van der Waals surface area contributed by atoms with Crippen molar-refractivity contribution in [2.45, 2.75) is 63.9 Å². The van der Waals surface area contributed by atoms with E-state index in [1.807, 2.05) is 18.2 Å². The Morgan fingerprint density at radius 1 is 1.27 bits per heavy atom. The lowest BCUT2D eigenvalue weighted by Crippen LogP contribution is -2.34. The van der Waals surface area contributed by atoms with Crippen LogP contribution in [0.2, 0.25) is 0 Å². The van der Waals surface area contributed by atoms with E-state index in [1.54, 1.807) is 0 Å². The van der Waals surface area contributed by atoms with Gasteiger partial charge in [0.1, 0.15) is 12.2 Å². The quantitative estimate of drug-likeness (QED) is 0.509. The lowest BCUT2D eigenvalue weighted by molar-refractivity contribution is -0.144. The Balaban J connectivity index is 1.44. The van der Waals surface area contributed by atoms with Gasteiger partial charge in [0.2, 0.25) is 0 Å². The highest BCUT2D eigenvalue weighted by Gasteiger charge is 2.62. The Morgan fingerprint density at radius 3 is 2.88 bits per heavy atom. The van der Waals surface area contributed by atoms with E-state index in [2.05, 4.69) is 37.4 Å². The summed E-state index contributed by atoms with van der Waals surface area (Å²) in [6.07, 6.45) is 6.41. The maximum Gasteiger partial charge on any atom is 0.311 e. The summed E-state index contributed by atoms with van der Waals surface area (Å²) in [4.78, 5) is 12.6. The predicted molar refractivity (Wildman–Crippen MR) is 101 cm³/mol. The molecule has 4 nitrogen and oxygen atoms in total. The smallest absolute Gasteiger partial charge is 0.311 e. The van der Waals surface area contributed by atoms with Gasteiger partial charge in [0.25, 0.3) is 0 Å². The lowest BCUT2D eigenvalue weighted by atomic mass is 9.80. The standard InChI is InChI=1S/C22H29NO3/c1-15-7-6-12-22(2)20(26-22)19-17(11-10-15)18(21(24)25-19)14-23-13-16-8-4-3-5-9-16/h3-5,7-9,17-20,23H,6,10-14H2,1-2H3/b15-7+/t17-,18-,19-,20+,22+/m0/s1. The number of benzene rings is 1. The molecule has 1 aromatic carbocycles. The summed E-state index contributed by atoms with van der Waals surface area (Å²) < 4.78 is 11.9. The molecular formula is C22H29NO3. The van der Waals surface area contributed by atoms with E-state index in [-0.39, 0.29) is 35.6 Å². The summed E-state index contributed by atoms with van der Waals surface area (Å²) in [5, 5.41) is 3.46. The van der Waals surface area contributed by atoms with Crippen LogP contribution in [0.15, 0.2) is 42.0 Å². The van der Waals surface area contributed by atoms with Crippen molar-refractivity contribution >= 4 is 5.97 Å². The van der Waals surface area contributed by atoms with Crippen molar-refractivity contribution < 1.29 is 14.3 Å². The third kappa shape index (κ3) is 3.58. The summed E-state index contributed by atoms with van der Waals surface area (Å²) in [7, 11) is 0. The molecule has 4 heteroatoms. The van der Waals surface area contributed by atoms with Gasteiger partial charge < -0.3 is 14.8 Å². The molecule has 2 heterocycles. The van der Waals surface area contributed by atoms with E-state index < -0.39 is 0 Å². The monoisotopic (exact) mass is 355 g/mol. The fourth-order valence-corrected chi connectivity index (χ4v) is 4.54. The second-order valence-electron chi connectivity index (χ2n) is 8.27. The molecule has 1 aliphatic carbocycles. The van der Waals surface area contributed by atoms with E-state index in [9.17, 15) is 4.79 Å². The zero-order chi connectivity index (χ0) is 18.1. The minimum absolute atomic E-state index is 0.0562. The van der Waals surface area contributed by atoms with Crippen LogP contribution in [-0.2, 0) is 20.8 Å². The van der Waals surface area contributed by atoms with E-state index in [0.717, 1.165) is 32.2 Å². The van der Waals surface area contributed by atoms with E-state index in [1.165, 1.54) is 11.1 Å². The molecule has 3 aliphatic rings. The molecule has 2 saturated heterocycles. The molecule has 0 unspecified atom stereocenters. The van der Waals surface area contributed by atoms with Gasteiger partial charge in [-0.25, -0.2) is 0 Å². The number of esters is 1. The number of hydrogen-bond donors (Lipinski definition) is 1. The van der Waals surface area contributed by atoms with Crippen LogP contribution in [0.3, 0.4) is 0 Å². The van der Waals surface area contributed by atoms with Crippen molar-refractivity contribution in [2.24, 2.45) is 11.8 Å². The van der Waals surface area contributed by atoms with Crippen molar-refractivity contribution in [1.29, 1.82) is 0 Å². The van der Waals surface area contributed by atoms with Crippen molar-refractivity contribution in [2.75, 3.05) is 6.54 Å². The van der Waals surface area contributed by atoms with E-state index in [0.29, 0.717) is 6.54 Å². The average molecular weight is 355 g/mol. The summed E-state index contributed by atoms with van der Waals surface area (Å²) in [6.45, 7) is 5.80. The second kappa shape index (κ2) is 7.16. The molecule has 0 saturated carbocycles. The van der Waals surface area contributed by atoms with Crippen LogP contribution in [0.25, 0.3) is 0 Å². The highest BCUT2D eigenvalue weighted by Crippen LogP contribution is 2.50. The van der Waals surface area contributed by atoms with Crippen molar-refractivity contribution in [3.05, 3.63) is 47.5 Å². The molecule has 140 valence electrons. The Labute approximate surface area is 156 Å². The molecule has 26 heavy (non-hydrogen) atoms. The first-order valence-corrected chi connectivity index (χ1v) is 9.85. The third-order valence-electron chi connectivity index (χ3n) is 6.27. The fraction of sp³-hybridized carbons (Fsp3) is 0.591. The highest BCUT2D eigenvalue weighted by molar-refractivity contribution is 5.75. The molecule has 0 radical (unpaired) electrons. The van der Waals surface area contributed by atoms with Gasteiger partial charge in [-0.15, -0.1) is 0 Å². The summed E-state index contributed by atoms with van der Waals surface area (Å²) >= 11 is 0. The van der Waals surface area contributed by atoms with Gasteiger partial charge in [0.05, 0.1) is 11.5 Å². The van der Waals surface area contributed by atoms with Gasteiger partial charge in [-0.05, 0) is 45.1 Å². The Hall–Kier alpha value is -1.65. The number of epoxide rings is 1. The minimum atomic E-state index is -0.121. The normalized spacial score (nSPS) is 38.5. The first kappa shape index (κ1) is 17.7. The fourth-order valence-electron chi connectivity index (χ4n) is 4.54. The van der Waals surface area contributed by atoms with Crippen LogP contribution in [-0.4, -0.2) is 30.3 Å². The molecule has 0 amide bonds. The molecule has 0 bridgehead atoms. The summed E-state index contributed by atoms with van der Waals surface area (Å²) in [5.41, 5.74) is 2.53. The van der Waals surface area contributed by atoms with Crippen LogP contribution in [0, 0.1) is 11.8 Å². The molecule has 0 spiro atoms. The Bertz CT molecular complexity index is 686. The number of carbonyl (C=O) groups is 1. The molecular weight excluding hydrogens is 326 g/mol. The molecule has 0 aromatic heterocycles. The van der Waals surface area contributed by atoms with Crippen LogP contribution in [0.1, 0.15) is 45.1 Å². The molecule has 5 atom stereocenters. The Morgan fingerprint density at radius 2 is 2.08 bits per heavy atom. The number of fused-ring (bicyclic) bond motifs is 3. The van der Waals surface area contributed by atoms with E-state index in [4.69, 9.17) is 9.47 Å². The predicted octanol–water partition coefficient (Wildman–Crippen LogP) is 3.61. The van der Waals surface area contributed by atoms with Crippen LogP contribution < -0.4 is 5.32 Å². The maximum atomic E-state index is 12.6. The van der Waals surface area contributed by atoms with Crippen molar-refractivity contribution in [1.82, 2.24) is 5.32 Å². The topological polar surface area (TPSA) is 50.9 Å². The SMILES string of the molecule is C/C1=C\CC[C@@]2(C)O[C@@H]2[C@H]2OC(=O)[C@@H](CNCc3ccccc3)[C@@H]2CC1. The number of hydrogen-bond acceptors (Lipinski definition) is 4. The number of allylic oxidation sites excluding steroid dienone is 2. The third-order valence-corrected chi connectivity index (χ3v) is 6.27. The molecule has 1 aromatic rings. The van der Waals surface area contributed by atoms with Crippen molar-refractivity contribution in [3.8, 4) is 0 Å². The van der Waals surface area contributed by atoms with Gasteiger partial charge in [-0.2, -0.15) is 0 Å². The van der Waals surface area contributed by atoms with Gasteiger partial charge in [-0.3, -0.25) is 4.79 Å². The zero-order valence-electron chi connectivity index (χ0n) is 15.7. The molecule has 1 N–H and O–H groups in total. The van der Waals surface area contributed by atoms with Gasteiger partial charge in [-0.1, -0.05) is 42.0 Å². The second-order valence-corrected chi connectivity index (χ2v) is 8.27. The van der Waals surface area contributed by atoms with Gasteiger partial charge in [0, 0.05) is 19.0 Å². The highest BCUT2D eigenvalue weighted by atomic mass is 16.6. The number of nitrogens with one attached hydrogen (secondary N) is 1. The maximum absolute atomic E-state index is 12.6. The summed E-state index contributed by atoms with van der Waals surface area (Å²) in [5.74, 6) is 0.0997. The van der Waals surface area contributed by atoms with Crippen LogP contribution in [0.5, 0.6) is 0 Å². The largest absolute Gasteiger partial charge is 0.459 e. The van der Waals surface area contributed by atoms with Gasteiger partial charge in [0.15, 0.2) is 0 Å². The number of carbonyl (C=O) groups excluding carboxylic acids is 1. The summed E-state index contributed by atoms with van der Waals surface area (Å²) in [6, 6.07) is 10.3. The van der Waals surface area contributed by atoms with Gasteiger partial charge >= 0.3 is 5.97 Å². The average Bonchev–Trinajstić information content (AvgIpc) is 3.20. The zero-order valence-corrected chi connectivity index (χ0v) is 15.7. The Kier molecular flexibility index (Phi) is 4.89. The van der Waals surface area contributed by atoms with E-state index >= 15 is 0 Å². The first-order chi connectivity index (χ1) is 12.6. The molecule has 4 rings (SSSR count). The van der Waals surface area contributed by atoms with Crippen molar-refractivity contribution in [3.63, 3.8) is 0 Å². The molecule has 2 aliphatic heterocycles. The number of rotatable bonds is 4. The lowest BCUT2D eigenvalue weighted by Gasteiger charge is -2.22. The number of ether oxygens (including phenoxy) is 2. The minimum Gasteiger partial charge on any atom is -0.459 e. The first-order valence-electron chi connectivity index (χ1n) is 9.85. The van der Waals surface area contributed by atoms with Crippen LogP contribution in [0.4, 0.5) is 0 Å².